The van der Waals surface area contributed by atoms with Gasteiger partial charge < -0.3 is 15.0 Å². The van der Waals surface area contributed by atoms with Crippen LogP contribution < -0.4 is 10.1 Å². The van der Waals surface area contributed by atoms with E-state index in [0.29, 0.717) is 23.9 Å². The zero-order chi connectivity index (χ0) is 19.8. The van der Waals surface area contributed by atoms with Crippen molar-refractivity contribution in [3.05, 3.63) is 72.6 Å². The van der Waals surface area contributed by atoms with E-state index in [1.807, 2.05) is 54.6 Å². The molecule has 0 bridgehead atoms. The van der Waals surface area contributed by atoms with E-state index in [1.54, 1.807) is 24.2 Å². The van der Waals surface area contributed by atoms with Crippen molar-refractivity contribution in [2.45, 2.75) is 19.8 Å². The minimum atomic E-state index is -0.118. The maximum absolute atomic E-state index is 12.5. The van der Waals surface area contributed by atoms with Crippen molar-refractivity contribution in [2.24, 2.45) is 0 Å². The Kier molecular flexibility index (Phi) is 6.57. The Morgan fingerprint density at radius 1 is 1.07 bits per heavy atom. The van der Waals surface area contributed by atoms with Crippen molar-refractivity contribution >= 4 is 17.5 Å². The zero-order valence-corrected chi connectivity index (χ0v) is 16.1. The molecular formula is C22H24N4O2. The molecule has 1 amide bonds. The lowest BCUT2D eigenvalue weighted by atomic mass is 10.3. The van der Waals surface area contributed by atoms with Crippen LogP contribution in [0.15, 0.2) is 66.9 Å². The van der Waals surface area contributed by atoms with Gasteiger partial charge in [-0.15, -0.1) is 0 Å². The molecule has 0 unspecified atom stereocenters. The molecule has 0 atom stereocenters. The fraction of sp³-hybridized carbons (Fsp3) is 0.227. The van der Waals surface area contributed by atoms with Crippen molar-refractivity contribution in [2.75, 3.05) is 18.9 Å². The van der Waals surface area contributed by atoms with E-state index in [2.05, 4.69) is 22.2 Å². The highest BCUT2D eigenvalue weighted by Gasteiger charge is 2.14. The standard InChI is InChI=1S/C22H24N4O2/c1-3-4-16-26(2)21(27)19-14-15-23-22(25-19)24-18-12-8-9-13-20(18)28-17-10-6-5-7-11-17/h5-15H,3-4,16H2,1-2H3,(H,23,24,25). The SMILES string of the molecule is CCCCN(C)C(=O)c1ccnc(Nc2ccccc2Oc2ccccc2)n1. The fourth-order valence-corrected chi connectivity index (χ4v) is 2.63. The summed E-state index contributed by atoms with van der Waals surface area (Å²) in [6.45, 7) is 2.80. The number of unbranched alkanes of at least 4 members (excludes halogenated alkanes) is 1. The molecule has 3 rings (SSSR count). The van der Waals surface area contributed by atoms with E-state index in [4.69, 9.17) is 4.74 Å². The first-order chi connectivity index (χ1) is 13.7. The molecule has 0 aliphatic carbocycles. The van der Waals surface area contributed by atoms with Gasteiger partial charge in [-0.1, -0.05) is 43.7 Å². The Bertz CT molecular complexity index is 915. The lowest BCUT2D eigenvalue weighted by molar-refractivity contribution is 0.0787. The second-order valence-corrected chi connectivity index (χ2v) is 6.38. The van der Waals surface area contributed by atoms with Gasteiger partial charge in [-0.05, 0) is 36.8 Å². The maximum atomic E-state index is 12.5. The normalized spacial score (nSPS) is 10.4. The molecule has 6 nitrogen and oxygen atoms in total. The molecule has 144 valence electrons. The molecule has 0 aliphatic rings. The summed E-state index contributed by atoms with van der Waals surface area (Å²) in [7, 11) is 1.79. The van der Waals surface area contributed by atoms with E-state index in [1.165, 1.54) is 0 Å². The van der Waals surface area contributed by atoms with Gasteiger partial charge in [0.25, 0.3) is 5.91 Å². The van der Waals surface area contributed by atoms with Crippen molar-refractivity contribution in [1.29, 1.82) is 0 Å². The van der Waals surface area contributed by atoms with Crippen molar-refractivity contribution in [3.8, 4) is 11.5 Å². The van der Waals surface area contributed by atoms with Gasteiger partial charge in [0, 0.05) is 19.8 Å². The summed E-state index contributed by atoms with van der Waals surface area (Å²) in [6, 6.07) is 18.7. The highest BCUT2D eigenvalue weighted by Crippen LogP contribution is 2.30. The van der Waals surface area contributed by atoms with Crippen LogP contribution in [-0.2, 0) is 0 Å². The van der Waals surface area contributed by atoms with Gasteiger partial charge in [-0.25, -0.2) is 9.97 Å². The summed E-state index contributed by atoms with van der Waals surface area (Å²) in [5, 5.41) is 3.15. The Balaban J connectivity index is 1.77. The Morgan fingerprint density at radius 2 is 1.82 bits per heavy atom. The third-order valence-electron chi connectivity index (χ3n) is 4.17. The van der Waals surface area contributed by atoms with Crippen LogP contribution in [0, 0.1) is 0 Å². The number of aromatic nitrogens is 2. The minimum Gasteiger partial charge on any atom is -0.455 e. The zero-order valence-electron chi connectivity index (χ0n) is 16.1. The Morgan fingerprint density at radius 3 is 2.61 bits per heavy atom. The largest absolute Gasteiger partial charge is 0.455 e. The topological polar surface area (TPSA) is 67.4 Å². The van der Waals surface area contributed by atoms with Crippen LogP contribution in [0.5, 0.6) is 11.5 Å². The van der Waals surface area contributed by atoms with Gasteiger partial charge in [0.2, 0.25) is 5.95 Å². The molecule has 1 N–H and O–H groups in total. The van der Waals surface area contributed by atoms with Gasteiger partial charge in [-0.2, -0.15) is 0 Å². The molecule has 0 saturated heterocycles. The molecule has 28 heavy (non-hydrogen) atoms. The third kappa shape index (κ3) is 5.07. The number of nitrogens with zero attached hydrogens (tertiary/aromatic N) is 3. The highest BCUT2D eigenvalue weighted by molar-refractivity contribution is 5.92. The Hall–Kier alpha value is -3.41. The van der Waals surface area contributed by atoms with Crippen LogP contribution in [0.2, 0.25) is 0 Å². The fourth-order valence-electron chi connectivity index (χ4n) is 2.63. The van der Waals surface area contributed by atoms with Crippen molar-refractivity contribution in [1.82, 2.24) is 14.9 Å². The first-order valence-electron chi connectivity index (χ1n) is 9.35. The minimum absolute atomic E-state index is 0.118. The number of amides is 1. The van der Waals surface area contributed by atoms with Gasteiger partial charge in [-0.3, -0.25) is 4.79 Å². The van der Waals surface area contributed by atoms with Gasteiger partial charge in [0.15, 0.2) is 5.75 Å². The van der Waals surface area contributed by atoms with Gasteiger partial charge >= 0.3 is 0 Å². The molecule has 0 fully saturated rings. The molecule has 1 aromatic heterocycles. The number of rotatable bonds is 8. The predicted octanol–water partition coefficient (Wildman–Crippen LogP) is 4.88. The van der Waals surface area contributed by atoms with Crippen LogP contribution in [0.3, 0.4) is 0 Å². The highest BCUT2D eigenvalue weighted by atomic mass is 16.5. The summed E-state index contributed by atoms with van der Waals surface area (Å²) in [6.07, 6.45) is 3.58. The van der Waals surface area contributed by atoms with E-state index >= 15 is 0 Å². The van der Waals surface area contributed by atoms with E-state index < -0.39 is 0 Å². The number of benzene rings is 2. The molecule has 3 aromatic rings. The maximum Gasteiger partial charge on any atom is 0.272 e. The molecule has 0 spiro atoms. The van der Waals surface area contributed by atoms with Crippen molar-refractivity contribution in [3.63, 3.8) is 0 Å². The number of anilines is 2. The van der Waals surface area contributed by atoms with E-state index in [0.717, 1.165) is 24.3 Å². The predicted molar refractivity (Wildman–Crippen MR) is 110 cm³/mol. The number of carbonyl (C=O) groups is 1. The van der Waals surface area contributed by atoms with Crippen LogP contribution in [0.25, 0.3) is 0 Å². The summed E-state index contributed by atoms with van der Waals surface area (Å²) < 4.78 is 5.95. The average Bonchev–Trinajstić information content (AvgIpc) is 2.74. The second kappa shape index (κ2) is 9.50. The second-order valence-electron chi connectivity index (χ2n) is 6.38. The summed E-state index contributed by atoms with van der Waals surface area (Å²) in [4.78, 5) is 22.8. The van der Waals surface area contributed by atoms with Gasteiger partial charge in [0.1, 0.15) is 11.4 Å². The lowest BCUT2D eigenvalue weighted by Crippen LogP contribution is -2.28. The number of carbonyl (C=O) groups excluding carboxylic acids is 1. The number of ether oxygens (including phenoxy) is 1. The van der Waals surface area contributed by atoms with Crippen LogP contribution in [0.1, 0.15) is 30.3 Å². The van der Waals surface area contributed by atoms with Crippen LogP contribution in [0.4, 0.5) is 11.6 Å². The van der Waals surface area contributed by atoms with E-state index in [-0.39, 0.29) is 5.91 Å². The molecule has 0 saturated carbocycles. The summed E-state index contributed by atoms with van der Waals surface area (Å²) in [5.74, 6) is 1.61. The molecule has 1 heterocycles. The quantitative estimate of drug-likeness (QED) is 0.606. The van der Waals surface area contributed by atoms with Crippen LogP contribution in [-0.4, -0.2) is 34.4 Å². The van der Waals surface area contributed by atoms with Crippen LogP contribution >= 0.6 is 0 Å². The first kappa shape index (κ1) is 19.4. The number of hydrogen-bond donors (Lipinski definition) is 1. The van der Waals surface area contributed by atoms with Crippen molar-refractivity contribution < 1.29 is 9.53 Å². The summed E-state index contributed by atoms with van der Waals surface area (Å²) in [5.41, 5.74) is 1.08. The smallest absolute Gasteiger partial charge is 0.272 e. The third-order valence-corrected chi connectivity index (χ3v) is 4.17. The molecule has 6 heteroatoms. The average molecular weight is 376 g/mol. The number of hydrogen-bond acceptors (Lipinski definition) is 5. The first-order valence-corrected chi connectivity index (χ1v) is 9.35. The Labute approximate surface area is 165 Å². The number of nitrogens with one attached hydrogen (secondary N) is 1. The molecule has 0 aliphatic heterocycles. The monoisotopic (exact) mass is 376 g/mol. The van der Waals surface area contributed by atoms with Gasteiger partial charge in [0.05, 0.1) is 5.69 Å². The summed E-state index contributed by atoms with van der Waals surface area (Å²) >= 11 is 0. The molecular weight excluding hydrogens is 352 g/mol. The lowest BCUT2D eigenvalue weighted by Gasteiger charge is -2.16. The van der Waals surface area contributed by atoms with E-state index in [9.17, 15) is 4.79 Å². The number of para-hydroxylation sites is 3. The molecule has 2 aromatic carbocycles. The molecule has 0 radical (unpaired) electrons.